The van der Waals surface area contributed by atoms with Crippen LogP contribution >= 0.6 is 0 Å². The summed E-state index contributed by atoms with van der Waals surface area (Å²) in [6, 6.07) is 5.29. The van der Waals surface area contributed by atoms with Crippen LogP contribution in [0.1, 0.15) is 0 Å². The van der Waals surface area contributed by atoms with Gasteiger partial charge in [0, 0.05) is 18.4 Å². The first-order valence-corrected chi connectivity index (χ1v) is 5.72. The molecule has 1 aromatic heterocycles. The van der Waals surface area contributed by atoms with Gasteiger partial charge in [0.1, 0.15) is 5.82 Å². The Bertz CT molecular complexity index is 569. The Morgan fingerprint density at radius 1 is 1.47 bits per heavy atom. The molecule has 19 heavy (non-hydrogen) atoms. The van der Waals surface area contributed by atoms with Crippen molar-refractivity contribution in [2.45, 2.75) is 6.54 Å². The summed E-state index contributed by atoms with van der Waals surface area (Å²) in [6.07, 6.45) is 3.21. The van der Waals surface area contributed by atoms with Gasteiger partial charge in [-0.05, 0) is 18.2 Å². The van der Waals surface area contributed by atoms with E-state index in [0.717, 1.165) is 0 Å². The fourth-order valence-corrected chi connectivity index (χ4v) is 1.53. The summed E-state index contributed by atoms with van der Waals surface area (Å²) < 4.78 is 14.5. The van der Waals surface area contributed by atoms with E-state index in [1.54, 1.807) is 16.9 Å². The standard InChI is InChI=1S/C12H14FN5O/c13-9-2-1-3-11(6-9)17-12(19)15-4-5-18-8-10(14)7-16-18/h1-3,6-8H,4-5,14H2,(H2,15,17,19). The van der Waals surface area contributed by atoms with Crippen LogP contribution in [0, 0.1) is 5.82 Å². The number of benzene rings is 1. The minimum atomic E-state index is -0.398. The maximum atomic E-state index is 12.9. The number of hydrogen-bond donors (Lipinski definition) is 3. The Labute approximate surface area is 109 Å². The predicted molar refractivity (Wildman–Crippen MR) is 70.1 cm³/mol. The van der Waals surface area contributed by atoms with Gasteiger partial charge in [-0.15, -0.1) is 0 Å². The van der Waals surface area contributed by atoms with Gasteiger partial charge in [-0.3, -0.25) is 4.68 Å². The summed E-state index contributed by atoms with van der Waals surface area (Å²) in [7, 11) is 0. The molecule has 0 aliphatic heterocycles. The third-order valence-corrected chi connectivity index (χ3v) is 2.36. The zero-order chi connectivity index (χ0) is 13.7. The minimum absolute atomic E-state index is 0.391. The van der Waals surface area contributed by atoms with Crippen LogP contribution in [0.25, 0.3) is 0 Å². The number of carbonyl (C=O) groups is 1. The summed E-state index contributed by atoms with van der Waals surface area (Å²) in [5, 5.41) is 9.14. The van der Waals surface area contributed by atoms with Gasteiger partial charge >= 0.3 is 6.03 Å². The molecule has 0 radical (unpaired) electrons. The number of halogens is 1. The highest BCUT2D eigenvalue weighted by Gasteiger charge is 2.02. The molecule has 100 valence electrons. The molecule has 1 heterocycles. The van der Waals surface area contributed by atoms with E-state index in [4.69, 9.17) is 5.73 Å². The van der Waals surface area contributed by atoms with Crippen LogP contribution in [-0.2, 0) is 6.54 Å². The Morgan fingerprint density at radius 2 is 2.32 bits per heavy atom. The van der Waals surface area contributed by atoms with Gasteiger partial charge in [0.15, 0.2) is 0 Å². The molecule has 7 heteroatoms. The van der Waals surface area contributed by atoms with Gasteiger partial charge < -0.3 is 16.4 Å². The number of hydrogen-bond acceptors (Lipinski definition) is 3. The fourth-order valence-electron chi connectivity index (χ4n) is 1.53. The van der Waals surface area contributed by atoms with Gasteiger partial charge in [0.2, 0.25) is 0 Å². The van der Waals surface area contributed by atoms with Crippen molar-refractivity contribution in [3.05, 3.63) is 42.5 Å². The lowest BCUT2D eigenvalue weighted by Crippen LogP contribution is -2.31. The highest BCUT2D eigenvalue weighted by atomic mass is 19.1. The molecule has 4 N–H and O–H groups in total. The maximum Gasteiger partial charge on any atom is 0.319 e. The molecular weight excluding hydrogens is 249 g/mol. The first kappa shape index (κ1) is 12.9. The van der Waals surface area contributed by atoms with E-state index in [0.29, 0.717) is 24.5 Å². The molecule has 0 saturated carbocycles. The first-order valence-electron chi connectivity index (χ1n) is 5.72. The van der Waals surface area contributed by atoms with E-state index in [1.807, 2.05) is 0 Å². The molecule has 0 spiro atoms. The molecule has 0 aliphatic carbocycles. The summed E-state index contributed by atoms with van der Waals surface area (Å²) in [5.41, 5.74) is 6.48. The number of nitrogens with zero attached hydrogens (tertiary/aromatic N) is 2. The van der Waals surface area contributed by atoms with E-state index in [2.05, 4.69) is 15.7 Å². The number of aromatic nitrogens is 2. The normalized spacial score (nSPS) is 10.2. The van der Waals surface area contributed by atoms with Crippen LogP contribution < -0.4 is 16.4 Å². The highest BCUT2D eigenvalue weighted by Crippen LogP contribution is 2.08. The number of carbonyl (C=O) groups excluding carboxylic acids is 1. The zero-order valence-electron chi connectivity index (χ0n) is 10.1. The molecular formula is C12H14FN5O. The van der Waals surface area contributed by atoms with E-state index < -0.39 is 11.8 Å². The zero-order valence-corrected chi connectivity index (χ0v) is 10.1. The number of nitrogens with one attached hydrogen (secondary N) is 2. The number of anilines is 2. The van der Waals surface area contributed by atoms with Crippen LogP contribution in [0.5, 0.6) is 0 Å². The molecule has 0 unspecified atom stereocenters. The minimum Gasteiger partial charge on any atom is -0.396 e. The fraction of sp³-hybridized carbons (Fsp3) is 0.167. The van der Waals surface area contributed by atoms with Crippen molar-refractivity contribution < 1.29 is 9.18 Å². The van der Waals surface area contributed by atoms with Crippen LogP contribution in [0.2, 0.25) is 0 Å². The molecule has 0 saturated heterocycles. The topological polar surface area (TPSA) is 85.0 Å². The van der Waals surface area contributed by atoms with E-state index in [1.165, 1.54) is 24.4 Å². The maximum absolute atomic E-state index is 12.9. The van der Waals surface area contributed by atoms with Gasteiger partial charge in [-0.1, -0.05) is 6.07 Å². The predicted octanol–water partition coefficient (Wildman–Crippen LogP) is 1.43. The molecule has 2 aromatic rings. The lowest BCUT2D eigenvalue weighted by Gasteiger charge is -2.07. The van der Waals surface area contributed by atoms with Crippen molar-refractivity contribution in [1.82, 2.24) is 15.1 Å². The van der Waals surface area contributed by atoms with E-state index in [-0.39, 0.29) is 0 Å². The third kappa shape index (κ3) is 3.98. The highest BCUT2D eigenvalue weighted by molar-refractivity contribution is 5.89. The van der Waals surface area contributed by atoms with Crippen LogP contribution in [-0.4, -0.2) is 22.4 Å². The number of urea groups is 1. The monoisotopic (exact) mass is 263 g/mol. The van der Waals surface area contributed by atoms with Crippen LogP contribution in [0.15, 0.2) is 36.7 Å². The Balaban J connectivity index is 1.76. The van der Waals surface area contributed by atoms with Gasteiger partial charge in [-0.2, -0.15) is 5.10 Å². The molecule has 6 nitrogen and oxygen atoms in total. The second-order valence-corrected chi connectivity index (χ2v) is 3.93. The van der Waals surface area contributed by atoms with Gasteiger partial charge in [0.05, 0.1) is 18.4 Å². The summed E-state index contributed by atoms with van der Waals surface area (Å²) >= 11 is 0. The Morgan fingerprint density at radius 3 is 3.00 bits per heavy atom. The second kappa shape index (κ2) is 5.85. The average Bonchev–Trinajstić information content (AvgIpc) is 2.75. The lowest BCUT2D eigenvalue weighted by molar-refractivity contribution is 0.251. The van der Waals surface area contributed by atoms with Crippen molar-refractivity contribution in [1.29, 1.82) is 0 Å². The Kier molecular flexibility index (Phi) is 3.97. The average molecular weight is 263 g/mol. The van der Waals surface area contributed by atoms with E-state index >= 15 is 0 Å². The quantitative estimate of drug-likeness (QED) is 0.780. The molecule has 0 fully saturated rings. The molecule has 2 amide bonds. The number of nitrogen functional groups attached to an aromatic ring is 1. The lowest BCUT2D eigenvalue weighted by atomic mass is 10.3. The number of nitrogens with two attached hydrogens (primary N) is 1. The van der Waals surface area contributed by atoms with Gasteiger partial charge in [0.25, 0.3) is 0 Å². The first-order chi connectivity index (χ1) is 9.13. The van der Waals surface area contributed by atoms with Crippen LogP contribution in [0.4, 0.5) is 20.6 Å². The number of rotatable bonds is 4. The van der Waals surface area contributed by atoms with Crippen molar-refractivity contribution in [2.75, 3.05) is 17.6 Å². The van der Waals surface area contributed by atoms with E-state index in [9.17, 15) is 9.18 Å². The molecule has 0 atom stereocenters. The third-order valence-electron chi connectivity index (χ3n) is 2.36. The van der Waals surface area contributed by atoms with Crippen molar-refractivity contribution in [3.8, 4) is 0 Å². The van der Waals surface area contributed by atoms with Crippen molar-refractivity contribution >= 4 is 17.4 Å². The largest absolute Gasteiger partial charge is 0.396 e. The summed E-state index contributed by atoms with van der Waals surface area (Å²) in [5.74, 6) is -0.398. The van der Waals surface area contributed by atoms with Crippen molar-refractivity contribution in [2.24, 2.45) is 0 Å². The molecule has 2 rings (SSSR count). The summed E-state index contributed by atoms with van der Waals surface area (Å²) in [4.78, 5) is 11.5. The molecule has 0 bridgehead atoms. The summed E-state index contributed by atoms with van der Waals surface area (Å²) in [6.45, 7) is 0.899. The smallest absolute Gasteiger partial charge is 0.319 e. The van der Waals surface area contributed by atoms with Gasteiger partial charge in [-0.25, -0.2) is 9.18 Å². The Hall–Kier alpha value is -2.57. The number of amides is 2. The second-order valence-electron chi connectivity index (χ2n) is 3.93. The van der Waals surface area contributed by atoms with Crippen molar-refractivity contribution in [3.63, 3.8) is 0 Å². The molecule has 0 aliphatic rings. The molecule has 1 aromatic carbocycles. The SMILES string of the molecule is Nc1cnn(CCNC(=O)Nc2cccc(F)c2)c1. The van der Waals surface area contributed by atoms with Crippen LogP contribution in [0.3, 0.4) is 0 Å².